The van der Waals surface area contributed by atoms with Gasteiger partial charge in [0.1, 0.15) is 0 Å². The van der Waals surface area contributed by atoms with E-state index in [2.05, 4.69) is 29.1 Å². The highest BCUT2D eigenvalue weighted by Gasteiger charge is 2.17. The molecule has 10 heavy (non-hydrogen) atoms. The minimum Gasteiger partial charge on any atom is -0.307 e. The summed E-state index contributed by atoms with van der Waals surface area (Å²) in [5, 5.41) is 0. The smallest absolute Gasteiger partial charge is 0.0685 e. The lowest BCUT2D eigenvalue weighted by molar-refractivity contribution is 0.659. The van der Waals surface area contributed by atoms with Gasteiger partial charge in [0.25, 0.3) is 0 Å². The molecule has 0 saturated carbocycles. The molecule has 0 aromatic heterocycles. The van der Waals surface area contributed by atoms with Crippen LogP contribution in [0.2, 0.25) is 0 Å². The van der Waals surface area contributed by atoms with E-state index in [0.717, 1.165) is 16.5 Å². The first-order valence-electron chi connectivity index (χ1n) is 3.01. The van der Waals surface area contributed by atoms with E-state index < -0.39 is 0 Å². The highest BCUT2D eigenvalue weighted by Crippen LogP contribution is 2.36. The first-order valence-corrected chi connectivity index (χ1v) is 4.23. The van der Waals surface area contributed by atoms with Gasteiger partial charge in [0.2, 0.25) is 0 Å². The van der Waals surface area contributed by atoms with Gasteiger partial charge < -0.3 is 4.31 Å². The highest BCUT2D eigenvalue weighted by molar-refractivity contribution is 8.14. The summed E-state index contributed by atoms with van der Waals surface area (Å²) in [6.45, 7) is 0.966. The molecule has 0 unspecified atom stereocenters. The number of allylic oxidation sites excluding steroid dienone is 3. The van der Waals surface area contributed by atoms with Gasteiger partial charge >= 0.3 is 0 Å². The average molecular weight is 168 g/mol. The lowest BCUT2D eigenvalue weighted by Gasteiger charge is -2.17. The Hall–Kier alpha value is -0.280. The summed E-state index contributed by atoms with van der Waals surface area (Å²) in [5.74, 6) is 0. The van der Waals surface area contributed by atoms with Gasteiger partial charge in [0.05, 0.1) is 9.93 Å². The Morgan fingerprint density at radius 2 is 2.60 bits per heavy atom. The molecule has 0 fully saturated rings. The Balaban J connectivity index is 2.31. The maximum Gasteiger partial charge on any atom is 0.0685 e. The Bertz CT molecular complexity index is 240. The van der Waals surface area contributed by atoms with Crippen LogP contribution in [0.4, 0.5) is 0 Å². The molecule has 0 saturated heterocycles. The largest absolute Gasteiger partial charge is 0.307 e. The molecule has 0 spiro atoms. The van der Waals surface area contributed by atoms with Gasteiger partial charge in [-0.05, 0) is 18.0 Å². The van der Waals surface area contributed by atoms with Gasteiger partial charge in [-0.25, -0.2) is 0 Å². The molecular weight excluding hydrogens is 162 g/mol. The van der Waals surface area contributed by atoms with Crippen LogP contribution in [0.1, 0.15) is 0 Å². The molecule has 51 valence electrons. The fourth-order valence-corrected chi connectivity index (χ4v) is 2.06. The maximum atomic E-state index is 4.20. The fourth-order valence-electron chi connectivity index (χ4n) is 0.924. The van der Waals surface area contributed by atoms with E-state index in [1.165, 1.54) is 0 Å². The van der Waals surface area contributed by atoms with Crippen molar-refractivity contribution in [1.82, 2.24) is 4.31 Å². The number of thiol groups is 1. The van der Waals surface area contributed by atoms with E-state index >= 15 is 0 Å². The van der Waals surface area contributed by atoms with Gasteiger partial charge in [-0.3, -0.25) is 0 Å². The quantitative estimate of drug-likeness (QED) is 0.435. The third-order valence-electron chi connectivity index (χ3n) is 1.36. The van der Waals surface area contributed by atoms with Crippen LogP contribution < -0.4 is 0 Å². The molecule has 0 aliphatic carbocycles. The molecule has 1 radical (unpaired) electrons. The van der Waals surface area contributed by atoms with Crippen molar-refractivity contribution >= 4 is 24.6 Å². The number of rotatable bonds is 0. The molecule has 0 atom stereocenters. The summed E-state index contributed by atoms with van der Waals surface area (Å²) in [5.41, 5.74) is 1.14. The van der Waals surface area contributed by atoms with Crippen LogP contribution in [0.25, 0.3) is 0 Å². The first kappa shape index (κ1) is 6.43. The second kappa shape index (κ2) is 2.40. The highest BCUT2D eigenvalue weighted by atomic mass is 32.2. The van der Waals surface area contributed by atoms with E-state index in [4.69, 9.17) is 0 Å². The van der Waals surface area contributed by atoms with Crippen molar-refractivity contribution in [3.05, 3.63) is 34.2 Å². The number of hydrogen-bond donors (Lipinski definition) is 1. The summed E-state index contributed by atoms with van der Waals surface area (Å²) >= 11 is 5.84. The molecule has 3 heteroatoms. The van der Waals surface area contributed by atoms with Crippen molar-refractivity contribution in [3.8, 4) is 0 Å². The predicted octanol–water partition coefficient (Wildman–Crippen LogP) is 1.98. The lowest BCUT2D eigenvalue weighted by Crippen LogP contribution is -2.11. The summed E-state index contributed by atoms with van der Waals surface area (Å²) in [6.07, 6.45) is 9.34. The molecule has 2 heterocycles. The molecule has 0 aromatic carbocycles. The van der Waals surface area contributed by atoms with Crippen LogP contribution in [0.5, 0.6) is 0 Å². The Morgan fingerprint density at radius 3 is 3.40 bits per heavy atom. The molecule has 2 aliphatic heterocycles. The van der Waals surface area contributed by atoms with Gasteiger partial charge in [0, 0.05) is 12.6 Å². The monoisotopic (exact) mass is 168 g/mol. The number of fused-ring (bicyclic) bond motifs is 1. The lowest BCUT2D eigenvalue weighted by atomic mass is 10.3. The molecule has 2 rings (SSSR count). The third kappa shape index (κ3) is 0.995. The Labute approximate surface area is 70.0 Å². The normalized spacial score (nSPS) is 22.3. The fraction of sp³-hybridized carbons (Fsp3) is 0.143. The minimum absolute atomic E-state index is 0.954. The standard InChI is InChI=1S/C7H6NS2/c9-7-5-6-3-1-2-4-8(6)10-7/h1-3,9H,4H2. The zero-order chi connectivity index (χ0) is 6.97. The third-order valence-corrected chi connectivity index (χ3v) is 2.56. The van der Waals surface area contributed by atoms with Crippen molar-refractivity contribution in [3.63, 3.8) is 0 Å². The van der Waals surface area contributed by atoms with E-state index in [1.54, 1.807) is 11.9 Å². The van der Waals surface area contributed by atoms with Crippen LogP contribution in [-0.4, -0.2) is 10.8 Å². The predicted molar refractivity (Wildman–Crippen MR) is 47.3 cm³/mol. The van der Waals surface area contributed by atoms with E-state index in [1.807, 2.05) is 12.2 Å². The van der Waals surface area contributed by atoms with Crippen molar-refractivity contribution < 1.29 is 0 Å². The van der Waals surface area contributed by atoms with Crippen LogP contribution in [0.3, 0.4) is 0 Å². The molecular formula is C7H6NS2. The second-order valence-electron chi connectivity index (χ2n) is 2.06. The molecule has 2 aliphatic rings. The van der Waals surface area contributed by atoms with E-state index in [9.17, 15) is 0 Å². The minimum atomic E-state index is 0.954. The van der Waals surface area contributed by atoms with Crippen molar-refractivity contribution in [2.75, 3.05) is 6.54 Å². The van der Waals surface area contributed by atoms with Gasteiger partial charge in [-0.2, -0.15) is 0 Å². The van der Waals surface area contributed by atoms with Crippen molar-refractivity contribution in [2.45, 2.75) is 0 Å². The molecule has 1 nitrogen and oxygen atoms in total. The summed E-state index contributed by atoms with van der Waals surface area (Å²) in [4.78, 5) is 0. The van der Waals surface area contributed by atoms with Crippen LogP contribution >= 0.6 is 24.6 Å². The van der Waals surface area contributed by atoms with Gasteiger partial charge in [-0.1, -0.05) is 12.2 Å². The van der Waals surface area contributed by atoms with E-state index in [-0.39, 0.29) is 0 Å². The average Bonchev–Trinajstić information content (AvgIpc) is 2.27. The second-order valence-corrected chi connectivity index (χ2v) is 3.84. The number of hydrogen-bond acceptors (Lipinski definition) is 3. The first-order chi connectivity index (χ1) is 4.86. The molecule has 0 N–H and O–H groups in total. The van der Waals surface area contributed by atoms with Gasteiger partial charge in [-0.15, -0.1) is 12.6 Å². The molecule has 0 bridgehead atoms. The summed E-state index contributed by atoms with van der Waals surface area (Å²) < 4.78 is 3.11. The zero-order valence-electron chi connectivity index (χ0n) is 5.24. The van der Waals surface area contributed by atoms with Crippen LogP contribution in [-0.2, 0) is 0 Å². The summed E-state index contributed by atoms with van der Waals surface area (Å²) in [7, 11) is 0. The molecule has 0 amide bonds. The summed E-state index contributed by atoms with van der Waals surface area (Å²) in [6, 6.07) is 0. The Morgan fingerprint density at radius 1 is 1.70 bits per heavy atom. The zero-order valence-corrected chi connectivity index (χ0v) is 6.95. The van der Waals surface area contributed by atoms with Gasteiger partial charge in [0.15, 0.2) is 0 Å². The van der Waals surface area contributed by atoms with Crippen LogP contribution in [0.15, 0.2) is 28.2 Å². The maximum absolute atomic E-state index is 4.20. The molecule has 0 aromatic rings. The topological polar surface area (TPSA) is 3.24 Å². The SMILES string of the molecule is SC1=[C]C2=CC=CCN2S1. The van der Waals surface area contributed by atoms with E-state index in [0.29, 0.717) is 0 Å². The van der Waals surface area contributed by atoms with Crippen LogP contribution in [0, 0.1) is 6.08 Å². The van der Waals surface area contributed by atoms with Crippen molar-refractivity contribution in [2.24, 2.45) is 0 Å². The Kier molecular flexibility index (Phi) is 1.54. The number of nitrogens with zero attached hydrogens (tertiary/aromatic N) is 1. The van der Waals surface area contributed by atoms with Crippen molar-refractivity contribution in [1.29, 1.82) is 0 Å².